The minimum Gasteiger partial charge on any atom is -0.135 e. The summed E-state index contributed by atoms with van der Waals surface area (Å²) in [6.07, 6.45) is 4.26. The molecular formula is C22H15ClS. The van der Waals surface area contributed by atoms with Gasteiger partial charge in [-0.3, -0.25) is 0 Å². The fourth-order valence-corrected chi connectivity index (χ4v) is 3.90. The van der Waals surface area contributed by atoms with E-state index in [-0.39, 0.29) is 0 Å². The Kier molecular flexibility index (Phi) is 4.20. The fourth-order valence-electron chi connectivity index (χ4n) is 2.66. The molecule has 116 valence electrons. The molecule has 0 saturated heterocycles. The number of hydrogen-bond acceptors (Lipinski definition) is 1. The molecule has 0 nitrogen and oxygen atoms in total. The molecule has 4 aromatic rings. The Balaban J connectivity index is 1.64. The summed E-state index contributed by atoms with van der Waals surface area (Å²) in [6, 6.07) is 27.3. The van der Waals surface area contributed by atoms with Gasteiger partial charge in [0.15, 0.2) is 0 Å². The van der Waals surface area contributed by atoms with E-state index in [1.54, 1.807) is 0 Å². The average molecular weight is 347 g/mol. The lowest BCUT2D eigenvalue weighted by atomic mass is 10.1. The zero-order valence-electron chi connectivity index (χ0n) is 12.9. The molecule has 1 heterocycles. The first-order valence-corrected chi connectivity index (χ1v) is 9.00. The molecule has 3 aromatic carbocycles. The monoisotopic (exact) mass is 346 g/mol. The number of benzene rings is 3. The van der Waals surface area contributed by atoms with Gasteiger partial charge < -0.3 is 0 Å². The van der Waals surface area contributed by atoms with Crippen LogP contribution < -0.4 is 0 Å². The van der Waals surface area contributed by atoms with Gasteiger partial charge in [-0.25, -0.2) is 0 Å². The maximum Gasteiger partial charge on any atom is 0.0406 e. The molecule has 0 aliphatic carbocycles. The van der Waals surface area contributed by atoms with E-state index in [9.17, 15) is 0 Å². The molecule has 0 fully saturated rings. The van der Waals surface area contributed by atoms with Crippen molar-refractivity contribution in [3.63, 3.8) is 0 Å². The highest BCUT2D eigenvalue weighted by molar-refractivity contribution is 7.22. The van der Waals surface area contributed by atoms with Gasteiger partial charge in [0.05, 0.1) is 0 Å². The molecule has 4 rings (SSSR count). The summed E-state index contributed by atoms with van der Waals surface area (Å²) in [4.78, 5) is 1.31. The van der Waals surface area contributed by atoms with Crippen LogP contribution in [0.3, 0.4) is 0 Å². The second-order valence-corrected chi connectivity index (χ2v) is 7.18. The molecule has 0 aliphatic heterocycles. The lowest BCUT2D eigenvalue weighted by Gasteiger charge is -1.96. The van der Waals surface area contributed by atoms with Crippen LogP contribution in [0, 0.1) is 0 Å². The van der Waals surface area contributed by atoms with Crippen LogP contribution >= 0.6 is 22.9 Å². The van der Waals surface area contributed by atoms with E-state index in [1.165, 1.54) is 26.1 Å². The highest BCUT2D eigenvalue weighted by Crippen LogP contribution is 2.34. The number of fused-ring (bicyclic) bond motifs is 1. The van der Waals surface area contributed by atoms with E-state index >= 15 is 0 Å². The summed E-state index contributed by atoms with van der Waals surface area (Å²) < 4.78 is 1.31. The van der Waals surface area contributed by atoms with Gasteiger partial charge in [-0.1, -0.05) is 78.4 Å². The Bertz CT molecular complexity index is 995. The van der Waals surface area contributed by atoms with Gasteiger partial charge in [0.25, 0.3) is 0 Å². The summed E-state index contributed by atoms with van der Waals surface area (Å²) >= 11 is 7.76. The summed E-state index contributed by atoms with van der Waals surface area (Å²) in [7, 11) is 0. The van der Waals surface area contributed by atoms with Gasteiger partial charge in [0, 0.05) is 14.6 Å². The van der Waals surface area contributed by atoms with E-state index < -0.39 is 0 Å². The maximum atomic E-state index is 5.92. The Morgan fingerprint density at radius 3 is 2.21 bits per heavy atom. The molecule has 0 unspecified atom stereocenters. The highest BCUT2D eigenvalue weighted by Gasteiger charge is 2.04. The molecular weight excluding hydrogens is 332 g/mol. The summed E-state index contributed by atoms with van der Waals surface area (Å²) in [5.74, 6) is 0. The molecule has 0 radical (unpaired) electrons. The van der Waals surface area contributed by atoms with Crippen molar-refractivity contribution in [2.75, 3.05) is 0 Å². The van der Waals surface area contributed by atoms with Gasteiger partial charge in [-0.15, -0.1) is 11.3 Å². The summed E-state index contributed by atoms with van der Waals surface area (Å²) in [5.41, 5.74) is 3.63. The molecule has 0 aliphatic rings. The van der Waals surface area contributed by atoms with Crippen LogP contribution in [0.2, 0.25) is 5.02 Å². The first-order valence-electron chi connectivity index (χ1n) is 7.81. The van der Waals surface area contributed by atoms with E-state index in [2.05, 4.69) is 66.7 Å². The van der Waals surface area contributed by atoms with Gasteiger partial charge >= 0.3 is 0 Å². The van der Waals surface area contributed by atoms with Crippen molar-refractivity contribution in [2.24, 2.45) is 0 Å². The Morgan fingerprint density at radius 1 is 0.708 bits per heavy atom. The molecule has 24 heavy (non-hydrogen) atoms. The third kappa shape index (κ3) is 3.28. The predicted octanol–water partition coefficient (Wildman–Crippen LogP) is 7.39. The molecule has 0 bridgehead atoms. The van der Waals surface area contributed by atoms with Crippen molar-refractivity contribution < 1.29 is 0 Å². The minimum absolute atomic E-state index is 0.764. The normalized spacial score (nSPS) is 11.4. The van der Waals surface area contributed by atoms with Crippen LogP contribution in [0.1, 0.15) is 11.1 Å². The first kappa shape index (κ1) is 15.2. The number of hydrogen-bond donors (Lipinski definition) is 0. The second-order valence-electron chi connectivity index (χ2n) is 5.66. The smallest absolute Gasteiger partial charge is 0.0406 e. The number of halogens is 1. The average Bonchev–Trinajstić information content (AvgIpc) is 3.05. The Hall–Kier alpha value is -2.35. The van der Waals surface area contributed by atoms with E-state index in [0.29, 0.717) is 0 Å². The van der Waals surface area contributed by atoms with Crippen LogP contribution in [-0.4, -0.2) is 0 Å². The lowest BCUT2D eigenvalue weighted by Crippen LogP contribution is -1.73. The molecule has 0 amide bonds. The largest absolute Gasteiger partial charge is 0.135 e. The van der Waals surface area contributed by atoms with Crippen LogP contribution in [0.25, 0.3) is 32.7 Å². The number of thiophene rings is 1. The maximum absolute atomic E-state index is 5.92. The standard InChI is InChI=1S/C22H15ClS/c23-20-12-9-16(10-13-20)6-7-17-8-11-19-15-22(24-21(19)14-17)18-4-2-1-3-5-18/h1-15H. The number of rotatable bonds is 3. The third-order valence-corrected chi connectivity index (χ3v) is 5.34. The minimum atomic E-state index is 0.764. The fraction of sp³-hybridized carbons (Fsp3) is 0. The SMILES string of the molecule is Clc1ccc(C=Cc2ccc3cc(-c4ccccc4)sc3c2)cc1. The summed E-state index contributed by atoms with van der Waals surface area (Å²) in [6.45, 7) is 0. The van der Waals surface area contributed by atoms with Crippen LogP contribution in [0.5, 0.6) is 0 Å². The van der Waals surface area contributed by atoms with Crippen molar-refractivity contribution in [1.82, 2.24) is 0 Å². The second kappa shape index (κ2) is 6.64. The van der Waals surface area contributed by atoms with E-state index in [0.717, 1.165) is 10.6 Å². The summed E-state index contributed by atoms with van der Waals surface area (Å²) in [5, 5.41) is 2.06. The van der Waals surface area contributed by atoms with Crippen LogP contribution in [0.4, 0.5) is 0 Å². The molecule has 0 spiro atoms. The van der Waals surface area contributed by atoms with Gasteiger partial charge in [-0.2, -0.15) is 0 Å². The van der Waals surface area contributed by atoms with E-state index in [4.69, 9.17) is 11.6 Å². The first-order chi connectivity index (χ1) is 11.8. The molecule has 0 atom stereocenters. The highest BCUT2D eigenvalue weighted by atomic mass is 35.5. The van der Waals surface area contributed by atoms with Gasteiger partial charge in [0.1, 0.15) is 0 Å². The van der Waals surface area contributed by atoms with Crippen molar-refractivity contribution in [2.45, 2.75) is 0 Å². The predicted molar refractivity (Wildman–Crippen MR) is 108 cm³/mol. The lowest BCUT2D eigenvalue weighted by molar-refractivity contribution is 1.66. The zero-order valence-corrected chi connectivity index (χ0v) is 14.5. The Morgan fingerprint density at radius 2 is 1.42 bits per heavy atom. The van der Waals surface area contributed by atoms with Gasteiger partial charge in [-0.05, 0) is 46.3 Å². The van der Waals surface area contributed by atoms with Crippen LogP contribution in [-0.2, 0) is 0 Å². The zero-order chi connectivity index (χ0) is 16.4. The van der Waals surface area contributed by atoms with Crippen LogP contribution in [0.15, 0.2) is 78.9 Å². The third-order valence-electron chi connectivity index (χ3n) is 3.94. The van der Waals surface area contributed by atoms with Crippen molar-refractivity contribution in [3.8, 4) is 10.4 Å². The topological polar surface area (TPSA) is 0 Å². The van der Waals surface area contributed by atoms with Crippen molar-refractivity contribution in [3.05, 3.63) is 95.0 Å². The molecule has 2 heteroatoms. The molecule has 0 saturated carbocycles. The quantitative estimate of drug-likeness (QED) is 0.339. The van der Waals surface area contributed by atoms with Gasteiger partial charge in [0.2, 0.25) is 0 Å². The van der Waals surface area contributed by atoms with Crippen molar-refractivity contribution in [1.29, 1.82) is 0 Å². The molecule has 0 N–H and O–H groups in total. The molecule has 1 aromatic heterocycles. The van der Waals surface area contributed by atoms with Crippen molar-refractivity contribution >= 4 is 45.2 Å². The van der Waals surface area contributed by atoms with E-state index in [1.807, 2.05) is 35.6 Å². The Labute approximate surface area is 150 Å².